The molecule has 0 bridgehead atoms. The maximum Gasteiger partial charge on any atom is 0.192 e. The van der Waals surface area contributed by atoms with Crippen molar-refractivity contribution in [1.29, 1.82) is 0 Å². The van der Waals surface area contributed by atoms with Gasteiger partial charge in [0.25, 0.3) is 0 Å². The fourth-order valence-electron chi connectivity index (χ4n) is 2.53. The van der Waals surface area contributed by atoms with Crippen LogP contribution < -0.4 is 0 Å². The molecule has 1 heterocycles. The summed E-state index contributed by atoms with van der Waals surface area (Å²) in [5.41, 5.74) is 0. The van der Waals surface area contributed by atoms with Crippen molar-refractivity contribution in [2.24, 2.45) is 0 Å². The van der Waals surface area contributed by atoms with E-state index in [0.29, 0.717) is 0 Å². The molecule has 0 saturated carbocycles. The second-order valence-corrected chi connectivity index (χ2v) is 12.9. The van der Waals surface area contributed by atoms with Gasteiger partial charge in [-0.05, 0) is 57.2 Å². The predicted octanol–water partition coefficient (Wildman–Crippen LogP) is 6.41. The molecule has 2 nitrogen and oxygen atoms in total. The van der Waals surface area contributed by atoms with Crippen LogP contribution in [0.25, 0.3) is 0 Å². The van der Waals surface area contributed by atoms with Crippen molar-refractivity contribution in [1.82, 2.24) is 0 Å². The lowest BCUT2D eigenvalue weighted by molar-refractivity contribution is -0.0653. The van der Waals surface area contributed by atoms with Crippen LogP contribution in [0.4, 0.5) is 0 Å². The normalized spacial score (nSPS) is 23.8. The fraction of sp³-hybridized carbons (Fsp3) is 0.714. The van der Waals surface area contributed by atoms with Gasteiger partial charge in [-0.15, -0.1) is 0 Å². The van der Waals surface area contributed by atoms with Crippen molar-refractivity contribution in [3.8, 4) is 0 Å². The van der Waals surface area contributed by atoms with Gasteiger partial charge >= 0.3 is 0 Å². The van der Waals surface area contributed by atoms with Gasteiger partial charge in [-0.2, -0.15) is 0 Å². The smallest absolute Gasteiger partial charge is 0.192 e. The summed E-state index contributed by atoms with van der Waals surface area (Å²) in [5.74, 6) is 0. The monoisotopic (exact) mass is 350 g/mol. The molecule has 0 unspecified atom stereocenters. The molecule has 0 amide bonds. The minimum Gasteiger partial charge on any atom is -0.411 e. The molecule has 3 heteroatoms. The van der Waals surface area contributed by atoms with Crippen LogP contribution in [0, 0.1) is 0 Å². The summed E-state index contributed by atoms with van der Waals surface area (Å²) in [6, 6.07) is 0. The Balaban J connectivity index is 2.48. The Morgan fingerprint density at radius 2 is 1.67 bits per heavy atom. The van der Waals surface area contributed by atoms with E-state index < -0.39 is 8.32 Å². The molecule has 0 aromatic rings. The number of allylic oxidation sites excluding steroid dienone is 5. The van der Waals surface area contributed by atoms with E-state index >= 15 is 0 Å². The highest BCUT2D eigenvalue weighted by Crippen LogP contribution is 2.39. The SMILES string of the molecule is C/C=C/C/C=C/C/C=C/C[C@@H]1OCCC[C@H]1O[Si](C)(C)C(C)(C)C. The topological polar surface area (TPSA) is 18.5 Å². The van der Waals surface area contributed by atoms with Crippen molar-refractivity contribution < 1.29 is 9.16 Å². The first-order valence-corrected chi connectivity index (χ1v) is 12.4. The van der Waals surface area contributed by atoms with Crippen LogP contribution in [0.1, 0.15) is 59.8 Å². The lowest BCUT2D eigenvalue weighted by Gasteiger charge is -2.42. The molecule has 138 valence electrons. The average Bonchev–Trinajstić information content (AvgIpc) is 2.50. The summed E-state index contributed by atoms with van der Waals surface area (Å²) in [6.07, 6.45) is 18.9. The molecule has 0 aliphatic carbocycles. The first kappa shape index (κ1) is 21.4. The van der Waals surface area contributed by atoms with Crippen LogP contribution >= 0.6 is 0 Å². The highest BCUT2D eigenvalue weighted by Gasteiger charge is 2.41. The molecule has 2 atom stereocenters. The second kappa shape index (κ2) is 10.4. The molecule has 0 aromatic heterocycles. The third kappa shape index (κ3) is 7.50. The molecule has 0 radical (unpaired) electrons. The molecule has 1 aliphatic heterocycles. The van der Waals surface area contributed by atoms with Gasteiger partial charge in [0.15, 0.2) is 8.32 Å². The largest absolute Gasteiger partial charge is 0.411 e. The second-order valence-electron chi connectivity index (χ2n) is 8.19. The van der Waals surface area contributed by atoms with Crippen LogP contribution in [0.5, 0.6) is 0 Å². The third-order valence-electron chi connectivity index (χ3n) is 5.11. The first-order chi connectivity index (χ1) is 11.3. The zero-order valence-corrected chi connectivity index (χ0v) is 17.7. The lowest BCUT2D eigenvalue weighted by atomic mass is 10.0. The Hall–Kier alpha value is -0.643. The lowest BCUT2D eigenvalue weighted by Crippen LogP contribution is -2.48. The molecular formula is C21H38O2Si. The maximum absolute atomic E-state index is 6.64. The van der Waals surface area contributed by atoms with Gasteiger partial charge in [-0.3, -0.25) is 0 Å². The van der Waals surface area contributed by atoms with Crippen LogP contribution in [0.2, 0.25) is 18.1 Å². The molecule has 1 fully saturated rings. The van der Waals surface area contributed by atoms with Gasteiger partial charge in [0.05, 0.1) is 12.2 Å². The summed E-state index contributed by atoms with van der Waals surface area (Å²) in [6.45, 7) is 14.5. The summed E-state index contributed by atoms with van der Waals surface area (Å²) >= 11 is 0. The molecule has 1 aliphatic rings. The standard InChI is InChI=1S/C21H38O2Si/c1-7-8-9-10-11-12-13-14-16-19-20(17-15-18-22-19)23-24(5,6)21(2,3)4/h7-8,10-11,13-14,19-20H,9,12,15-18H2,1-6H3/b8-7+,11-10+,14-13+/t19-,20+/m0/s1. The van der Waals surface area contributed by atoms with Gasteiger partial charge in [-0.25, -0.2) is 0 Å². The van der Waals surface area contributed by atoms with Crippen molar-refractivity contribution >= 4 is 8.32 Å². The minimum absolute atomic E-state index is 0.219. The average molecular weight is 351 g/mol. The summed E-state index contributed by atoms with van der Waals surface area (Å²) in [7, 11) is -1.73. The van der Waals surface area contributed by atoms with E-state index in [0.717, 1.165) is 38.7 Å². The van der Waals surface area contributed by atoms with Crippen molar-refractivity contribution in [3.63, 3.8) is 0 Å². The summed E-state index contributed by atoms with van der Waals surface area (Å²) in [4.78, 5) is 0. The van der Waals surface area contributed by atoms with E-state index in [-0.39, 0.29) is 17.2 Å². The molecule has 0 N–H and O–H groups in total. The molecule has 1 rings (SSSR count). The van der Waals surface area contributed by atoms with Gasteiger partial charge in [-0.1, -0.05) is 57.2 Å². The zero-order chi connectivity index (χ0) is 18.1. The van der Waals surface area contributed by atoms with E-state index in [9.17, 15) is 0 Å². The molecule has 1 saturated heterocycles. The number of hydrogen-bond acceptors (Lipinski definition) is 2. The first-order valence-electron chi connectivity index (χ1n) is 9.48. The van der Waals surface area contributed by atoms with Crippen molar-refractivity contribution in [2.45, 2.75) is 90.1 Å². The molecular weight excluding hydrogens is 312 g/mol. The van der Waals surface area contributed by atoms with Crippen LogP contribution in [-0.2, 0) is 9.16 Å². The zero-order valence-electron chi connectivity index (χ0n) is 16.7. The quantitative estimate of drug-likeness (QED) is 0.372. The molecule has 0 spiro atoms. The minimum atomic E-state index is -1.73. The Labute approximate surface area is 151 Å². The molecule has 0 aromatic carbocycles. The van der Waals surface area contributed by atoms with Gasteiger partial charge in [0.1, 0.15) is 0 Å². The number of hydrogen-bond donors (Lipinski definition) is 0. The summed E-state index contributed by atoms with van der Waals surface area (Å²) in [5, 5.41) is 0.253. The fourth-order valence-corrected chi connectivity index (χ4v) is 3.91. The van der Waals surface area contributed by atoms with E-state index in [1.54, 1.807) is 0 Å². The molecule has 24 heavy (non-hydrogen) atoms. The van der Waals surface area contributed by atoms with Gasteiger partial charge < -0.3 is 9.16 Å². The highest BCUT2D eigenvalue weighted by atomic mass is 28.4. The number of rotatable bonds is 8. The predicted molar refractivity (Wildman–Crippen MR) is 108 cm³/mol. The van der Waals surface area contributed by atoms with Crippen LogP contribution in [0.3, 0.4) is 0 Å². The van der Waals surface area contributed by atoms with Crippen LogP contribution in [0.15, 0.2) is 36.5 Å². The van der Waals surface area contributed by atoms with E-state index in [4.69, 9.17) is 9.16 Å². The Morgan fingerprint density at radius 3 is 2.29 bits per heavy atom. The van der Waals surface area contributed by atoms with Crippen LogP contribution in [-0.4, -0.2) is 27.1 Å². The Kier molecular flexibility index (Phi) is 9.25. The van der Waals surface area contributed by atoms with Crippen molar-refractivity contribution in [3.05, 3.63) is 36.5 Å². The van der Waals surface area contributed by atoms with Gasteiger partial charge in [0, 0.05) is 6.61 Å². The van der Waals surface area contributed by atoms with Gasteiger partial charge in [0.2, 0.25) is 0 Å². The summed E-state index contributed by atoms with van der Waals surface area (Å²) < 4.78 is 12.7. The maximum atomic E-state index is 6.64. The third-order valence-corrected chi connectivity index (χ3v) is 9.62. The Morgan fingerprint density at radius 1 is 1.04 bits per heavy atom. The number of ether oxygens (including phenoxy) is 1. The van der Waals surface area contributed by atoms with E-state index in [1.807, 2.05) is 0 Å². The van der Waals surface area contributed by atoms with E-state index in [1.165, 1.54) is 0 Å². The van der Waals surface area contributed by atoms with E-state index in [2.05, 4.69) is 77.2 Å². The Bertz CT molecular complexity index is 430. The highest BCUT2D eigenvalue weighted by molar-refractivity contribution is 6.74. The van der Waals surface area contributed by atoms with Crippen molar-refractivity contribution in [2.75, 3.05) is 6.61 Å².